The van der Waals surface area contributed by atoms with E-state index in [0.717, 1.165) is 5.56 Å². The number of nitrogens with two attached hydrogens (primary N) is 1. The van der Waals surface area contributed by atoms with Gasteiger partial charge in [0.25, 0.3) is 0 Å². The van der Waals surface area contributed by atoms with Crippen molar-refractivity contribution in [1.82, 2.24) is 5.32 Å². The van der Waals surface area contributed by atoms with Gasteiger partial charge in [-0.15, -0.1) is 0 Å². The van der Waals surface area contributed by atoms with E-state index in [1.54, 1.807) is 0 Å². The summed E-state index contributed by atoms with van der Waals surface area (Å²) in [6, 6.07) is 9.40. The molecule has 0 saturated heterocycles. The number of nitrogens with one attached hydrogen (secondary N) is 1. The van der Waals surface area contributed by atoms with Gasteiger partial charge in [-0.3, -0.25) is 9.59 Å². The Bertz CT molecular complexity index is 336. The smallest absolute Gasteiger partial charge is 0.234 e. The maximum atomic E-state index is 11.4. The molecular weight excluding hydrogens is 192 g/mol. The Morgan fingerprint density at radius 3 is 2.47 bits per heavy atom. The van der Waals surface area contributed by atoms with Crippen molar-refractivity contribution < 1.29 is 9.59 Å². The predicted molar refractivity (Wildman–Crippen MR) is 57.2 cm³/mol. The zero-order chi connectivity index (χ0) is 11.1. The molecule has 0 atom stereocenters. The molecule has 1 aromatic carbocycles. The summed E-state index contributed by atoms with van der Waals surface area (Å²) in [6.07, 6.45) is 0.339. The number of carbonyl (C=O) groups is 2. The molecule has 0 unspecified atom stereocenters. The van der Waals surface area contributed by atoms with Crippen LogP contribution in [0, 0.1) is 0 Å². The van der Waals surface area contributed by atoms with Crippen molar-refractivity contribution in [3.63, 3.8) is 0 Å². The van der Waals surface area contributed by atoms with Crippen LogP contribution in [0.5, 0.6) is 0 Å². The number of hydrogen-bond acceptors (Lipinski definition) is 3. The SMILES string of the molecule is NCC(=O)NCC(=O)Cc1ccccc1. The van der Waals surface area contributed by atoms with E-state index in [0.29, 0.717) is 6.42 Å². The van der Waals surface area contributed by atoms with Gasteiger partial charge in [0.05, 0.1) is 13.1 Å². The fourth-order valence-electron chi connectivity index (χ4n) is 1.16. The van der Waals surface area contributed by atoms with E-state index < -0.39 is 0 Å². The Balaban J connectivity index is 2.34. The van der Waals surface area contributed by atoms with Gasteiger partial charge in [0, 0.05) is 6.42 Å². The summed E-state index contributed by atoms with van der Waals surface area (Å²) in [4.78, 5) is 22.2. The van der Waals surface area contributed by atoms with Crippen LogP contribution < -0.4 is 11.1 Å². The Hall–Kier alpha value is -1.68. The van der Waals surface area contributed by atoms with Crippen LogP contribution in [0.2, 0.25) is 0 Å². The second kappa shape index (κ2) is 5.93. The first-order valence-electron chi connectivity index (χ1n) is 4.74. The molecule has 3 N–H and O–H groups in total. The quantitative estimate of drug-likeness (QED) is 0.705. The van der Waals surface area contributed by atoms with Crippen LogP contribution in [0.1, 0.15) is 5.56 Å². The van der Waals surface area contributed by atoms with Crippen LogP contribution in [0.4, 0.5) is 0 Å². The molecule has 0 aliphatic heterocycles. The summed E-state index contributed by atoms with van der Waals surface area (Å²) in [5.41, 5.74) is 6.04. The second-order valence-corrected chi connectivity index (χ2v) is 3.18. The number of ketones is 1. The highest BCUT2D eigenvalue weighted by molar-refractivity contribution is 5.87. The van der Waals surface area contributed by atoms with Crippen molar-refractivity contribution in [2.75, 3.05) is 13.1 Å². The first-order valence-corrected chi connectivity index (χ1v) is 4.74. The third-order valence-corrected chi connectivity index (χ3v) is 1.91. The van der Waals surface area contributed by atoms with Gasteiger partial charge in [-0.05, 0) is 5.56 Å². The van der Waals surface area contributed by atoms with Crippen LogP contribution >= 0.6 is 0 Å². The Labute approximate surface area is 88.5 Å². The van der Waals surface area contributed by atoms with Crippen LogP contribution in [0.15, 0.2) is 30.3 Å². The molecule has 0 heterocycles. The normalized spacial score (nSPS) is 9.67. The number of benzene rings is 1. The molecule has 0 aromatic heterocycles. The first-order chi connectivity index (χ1) is 7.22. The van der Waals surface area contributed by atoms with Gasteiger partial charge in [0.15, 0.2) is 5.78 Å². The van der Waals surface area contributed by atoms with E-state index in [-0.39, 0.29) is 24.8 Å². The number of hydrogen-bond donors (Lipinski definition) is 2. The van der Waals surface area contributed by atoms with Crippen molar-refractivity contribution in [3.8, 4) is 0 Å². The van der Waals surface area contributed by atoms with Gasteiger partial charge in [0.1, 0.15) is 0 Å². The van der Waals surface area contributed by atoms with Crippen LogP contribution in [-0.4, -0.2) is 24.8 Å². The van der Waals surface area contributed by atoms with Crippen LogP contribution in [0.25, 0.3) is 0 Å². The van der Waals surface area contributed by atoms with Crippen molar-refractivity contribution in [3.05, 3.63) is 35.9 Å². The maximum absolute atomic E-state index is 11.4. The lowest BCUT2D eigenvalue weighted by atomic mass is 10.1. The van der Waals surface area contributed by atoms with E-state index in [1.807, 2.05) is 30.3 Å². The summed E-state index contributed by atoms with van der Waals surface area (Å²) in [6.45, 7) is -0.0382. The molecule has 1 amide bonds. The topological polar surface area (TPSA) is 72.2 Å². The van der Waals surface area contributed by atoms with Crippen molar-refractivity contribution in [2.45, 2.75) is 6.42 Å². The van der Waals surface area contributed by atoms with Gasteiger partial charge in [-0.1, -0.05) is 30.3 Å². The molecule has 0 bridgehead atoms. The van der Waals surface area contributed by atoms with Gasteiger partial charge in [0.2, 0.25) is 5.91 Å². The van der Waals surface area contributed by atoms with E-state index in [2.05, 4.69) is 5.32 Å². The minimum atomic E-state index is -0.309. The summed E-state index contributed by atoms with van der Waals surface area (Å²) in [7, 11) is 0. The zero-order valence-electron chi connectivity index (χ0n) is 8.40. The highest BCUT2D eigenvalue weighted by atomic mass is 16.2. The molecular formula is C11H14N2O2. The average Bonchev–Trinajstić information content (AvgIpc) is 2.27. The Morgan fingerprint density at radius 1 is 1.20 bits per heavy atom. The lowest BCUT2D eigenvalue weighted by molar-refractivity contribution is -0.124. The molecule has 0 aliphatic carbocycles. The lowest BCUT2D eigenvalue weighted by Crippen LogP contribution is -2.34. The standard InChI is InChI=1S/C11H14N2O2/c12-7-11(15)13-8-10(14)6-9-4-2-1-3-5-9/h1-5H,6-8,12H2,(H,13,15). The first kappa shape index (κ1) is 11.4. The minimum Gasteiger partial charge on any atom is -0.348 e. The summed E-state index contributed by atoms with van der Waals surface area (Å²) < 4.78 is 0. The molecule has 1 rings (SSSR count). The van der Waals surface area contributed by atoms with Crippen LogP contribution in [0.3, 0.4) is 0 Å². The van der Waals surface area contributed by atoms with Crippen LogP contribution in [-0.2, 0) is 16.0 Å². The number of rotatable bonds is 5. The number of Topliss-reactive ketones (excluding diaryl/α,β-unsaturated/α-hetero) is 1. The predicted octanol–water partition coefficient (Wildman–Crippen LogP) is -0.127. The van der Waals surface area contributed by atoms with Gasteiger partial charge in [-0.25, -0.2) is 0 Å². The molecule has 15 heavy (non-hydrogen) atoms. The fraction of sp³-hybridized carbons (Fsp3) is 0.273. The average molecular weight is 206 g/mol. The third-order valence-electron chi connectivity index (χ3n) is 1.91. The molecule has 4 heteroatoms. The van der Waals surface area contributed by atoms with Crippen molar-refractivity contribution >= 4 is 11.7 Å². The van der Waals surface area contributed by atoms with E-state index in [1.165, 1.54) is 0 Å². The molecule has 80 valence electrons. The van der Waals surface area contributed by atoms with E-state index in [9.17, 15) is 9.59 Å². The van der Waals surface area contributed by atoms with E-state index >= 15 is 0 Å². The fourth-order valence-corrected chi connectivity index (χ4v) is 1.16. The lowest BCUT2D eigenvalue weighted by Gasteiger charge is -2.02. The highest BCUT2D eigenvalue weighted by Crippen LogP contribution is 1.99. The molecule has 0 saturated carbocycles. The maximum Gasteiger partial charge on any atom is 0.234 e. The van der Waals surface area contributed by atoms with Crippen molar-refractivity contribution in [2.24, 2.45) is 5.73 Å². The summed E-state index contributed by atoms with van der Waals surface area (Å²) >= 11 is 0. The van der Waals surface area contributed by atoms with Gasteiger partial charge in [-0.2, -0.15) is 0 Å². The molecule has 0 spiro atoms. The highest BCUT2D eigenvalue weighted by Gasteiger charge is 2.04. The zero-order valence-corrected chi connectivity index (χ0v) is 8.40. The Kier molecular flexibility index (Phi) is 4.50. The van der Waals surface area contributed by atoms with Gasteiger partial charge >= 0.3 is 0 Å². The number of carbonyl (C=O) groups excluding carboxylic acids is 2. The molecule has 0 radical (unpaired) electrons. The molecule has 0 fully saturated rings. The second-order valence-electron chi connectivity index (χ2n) is 3.18. The van der Waals surface area contributed by atoms with Crippen molar-refractivity contribution in [1.29, 1.82) is 0 Å². The molecule has 4 nitrogen and oxygen atoms in total. The summed E-state index contributed by atoms with van der Waals surface area (Å²) in [5, 5.41) is 2.44. The van der Waals surface area contributed by atoms with Gasteiger partial charge < -0.3 is 11.1 Å². The Morgan fingerprint density at radius 2 is 1.87 bits per heavy atom. The largest absolute Gasteiger partial charge is 0.348 e. The number of amides is 1. The third kappa shape index (κ3) is 4.37. The van der Waals surface area contributed by atoms with E-state index in [4.69, 9.17) is 5.73 Å². The monoisotopic (exact) mass is 206 g/mol. The summed E-state index contributed by atoms with van der Waals surface area (Å²) in [5.74, 6) is -0.334. The minimum absolute atomic E-state index is 0.0250. The molecule has 0 aliphatic rings. The molecule has 1 aromatic rings.